The van der Waals surface area contributed by atoms with Crippen molar-refractivity contribution in [2.24, 2.45) is 0 Å². The maximum Gasteiger partial charge on any atom is 0.417 e. The number of unbranched alkanes of at least 4 members (excludes halogenated alkanes) is 1. The van der Waals surface area contributed by atoms with Gasteiger partial charge in [0, 0.05) is 10.5 Å². The molecule has 1 unspecified atom stereocenters. The Balaban J connectivity index is 3.02. The van der Waals surface area contributed by atoms with Crippen LogP contribution in [0.25, 0.3) is 0 Å². The molecule has 1 aromatic rings. The average Bonchev–Trinajstić information content (AvgIpc) is 2.30. The van der Waals surface area contributed by atoms with Crippen LogP contribution in [0.1, 0.15) is 43.4 Å². The van der Waals surface area contributed by atoms with E-state index in [1.807, 2.05) is 0 Å². The molecule has 0 heterocycles. The van der Waals surface area contributed by atoms with Gasteiger partial charge in [-0.25, -0.2) is 0 Å². The number of hydrogen-bond donors (Lipinski definition) is 1. The smallest absolute Gasteiger partial charge is 0.313 e. The van der Waals surface area contributed by atoms with Crippen molar-refractivity contribution in [2.45, 2.75) is 38.4 Å². The van der Waals surface area contributed by atoms with Crippen LogP contribution in [0.3, 0.4) is 0 Å². The second-order valence-electron chi connectivity index (χ2n) is 4.22. The van der Waals surface area contributed by atoms with Crippen LogP contribution in [0.2, 0.25) is 0 Å². The SMILES string of the molecule is CCCCC(NC)c1ccc(Br)c(C(F)(F)F)c1. The van der Waals surface area contributed by atoms with Gasteiger partial charge in [-0.3, -0.25) is 0 Å². The molecule has 0 aliphatic heterocycles. The number of benzene rings is 1. The van der Waals surface area contributed by atoms with Gasteiger partial charge in [0.05, 0.1) is 5.56 Å². The molecule has 102 valence electrons. The Morgan fingerprint density at radius 1 is 1.33 bits per heavy atom. The van der Waals surface area contributed by atoms with Crippen LogP contribution in [0, 0.1) is 0 Å². The molecule has 5 heteroatoms. The third kappa shape index (κ3) is 3.99. The van der Waals surface area contributed by atoms with Crippen LogP contribution in [-0.4, -0.2) is 7.05 Å². The first-order valence-electron chi connectivity index (χ1n) is 5.94. The summed E-state index contributed by atoms with van der Waals surface area (Å²) in [5, 5.41) is 3.07. The zero-order valence-electron chi connectivity index (χ0n) is 10.4. The van der Waals surface area contributed by atoms with Crippen molar-refractivity contribution in [1.82, 2.24) is 5.32 Å². The molecule has 1 N–H and O–H groups in total. The maximum atomic E-state index is 12.8. The van der Waals surface area contributed by atoms with Gasteiger partial charge in [0.25, 0.3) is 0 Å². The highest BCUT2D eigenvalue weighted by atomic mass is 79.9. The highest BCUT2D eigenvalue weighted by Gasteiger charge is 2.33. The van der Waals surface area contributed by atoms with Crippen molar-refractivity contribution < 1.29 is 13.2 Å². The predicted octanol–water partition coefficient (Wildman–Crippen LogP) is 4.92. The van der Waals surface area contributed by atoms with Gasteiger partial charge in [-0.05, 0) is 31.2 Å². The monoisotopic (exact) mass is 323 g/mol. The van der Waals surface area contributed by atoms with Crippen LogP contribution in [-0.2, 0) is 6.18 Å². The predicted molar refractivity (Wildman–Crippen MR) is 70.5 cm³/mol. The fourth-order valence-corrected chi connectivity index (χ4v) is 2.33. The van der Waals surface area contributed by atoms with Crippen LogP contribution in [0.15, 0.2) is 22.7 Å². The zero-order valence-corrected chi connectivity index (χ0v) is 12.0. The van der Waals surface area contributed by atoms with Crippen LogP contribution in [0.5, 0.6) is 0 Å². The largest absolute Gasteiger partial charge is 0.417 e. The lowest BCUT2D eigenvalue weighted by Crippen LogP contribution is -2.17. The third-order valence-electron chi connectivity index (χ3n) is 2.89. The molecule has 0 amide bonds. The van der Waals surface area contributed by atoms with E-state index in [1.54, 1.807) is 13.1 Å². The fourth-order valence-electron chi connectivity index (χ4n) is 1.86. The van der Waals surface area contributed by atoms with E-state index in [4.69, 9.17) is 0 Å². The van der Waals surface area contributed by atoms with Gasteiger partial charge in [0.2, 0.25) is 0 Å². The summed E-state index contributed by atoms with van der Waals surface area (Å²) in [5.41, 5.74) is 0.0678. The van der Waals surface area contributed by atoms with Crippen LogP contribution in [0.4, 0.5) is 13.2 Å². The van der Waals surface area contributed by atoms with Crippen LogP contribution < -0.4 is 5.32 Å². The second kappa shape index (κ2) is 6.57. The van der Waals surface area contributed by atoms with Gasteiger partial charge in [0.1, 0.15) is 0 Å². The Kier molecular flexibility index (Phi) is 5.66. The molecular formula is C13H17BrF3N. The maximum absolute atomic E-state index is 12.8. The summed E-state index contributed by atoms with van der Waals surface area (Å²) >= 11 is 2.95. The summed E-state index contributed by atoms with van der Waals surface area (Å²) in [5.74, 6) is 0. The first-order chi connectivity index (χ1) is 8.40. The number of hydrogen-bond acceptors (Lipinski definition) is 1. The Morgan fingerprint density at radius 3 is 2.50 bits per heavy atom. The first-order valence-corrected chi connectivity index (χ1v) is 6.73. The molecular weight excluding hydrogens is 307 g/mol. The van der Waals surface area contributed by atoms with Crippen molar-refractivity contribution in [1.29, 1.82) is 0 Å². The Morgan fingerprint density at radius 2 is 2.00 bits per heavy atom. The van der Waals surface area contributed by atoms with E-state index >= 15 is 0 Å². The van der Waals surface area contributed by atoms with Gasteiger partial charge >= 0.3 is 6.18 Å². The minimum absolute atomic E-state index is 0.0286. The summed E-state index contributed by atoms with van der Waals surface area (Å²) in [6.07, 6.45) is -1.46. The van der Waals surface area contributed by atoms with Crippen molar-refractivity contribution in [3.63, 3.8) is 0 Å². The van der Waals surface area contributed by atoms with Crippen LogP contribution >= 0.6 is 15.9 Å². The van der Waals surface area contributed by atoms with Gasteiger partial charge in [-0.15, -0.1) is 0 Å². The zero-order chi connectivity index (χ0) is 13.8. The van der Waals surface area contributed by atoms with Gasteiger partial charge in [-0.2, -0.15) is 13.2 Å². The summed E-state index contributed by atoms with van der Waals surface area (Å²) in [4.78, 5) is 0. The van der Waals surface area contributed by atoms with E-state index in [1.165, 1.54) is 12.1 Å². The summed E-state index contributed by atoms with van der Waals surface area (Å²) in [6.45, 7) is 2.06. The molecule has 0 aromatic heterocycles. The Bertz CT molecular complexity index is 390. The topological polar surface area (TPSA) is 12.0 Å². The van der Waals surface area contributed by atoms with E-state index < -0.39 is 11.7 Å². The summed E-state index contributed by atoms with van der Waals surface area (Å²) < 4.78 is 38.5. The molecule has 0 bridgehead atoms. The van der Waals surface area contributed by atoms with Crippen molar-refractivity contribution in [3.05, 3.63) is 33.8 Å². The van der Waals surface area contributed by atoms with E-state index in [-0.39, 0.29) is 10.5 Å². The minimum Gasteiger partial charge on any atom is -0.313 e. The molecule has 0 saturated heterocycles. The highest BCUT2D eigenvalue weighted by molar-refractivity contribution is 9.10. The average molecular weight is 324 g/mol. The van der Waals surface area contributed by atoms with Crippen molar-refractivity contribution in [3.8, 4) is 0 Å². The fraction of sp³-hybridized carbons (Fsp3) is 0.538. The van der Waals surface area contributed by atoms with Gasteiger partial charge < -0.3 is 5.32 Å². The lowest BCUT2D eigenvalue weighted by Gasteiger charge is -2.18. The number of nitrogens with one attached hydrogen (secondary N) is 1. The molecule has 0 fully saturated rings. The number of alkyl halides is 3. The Hall–Kier alpha value is -0.550. The van der Waals surface area contributed by atoms with Crippen molar-refractivity contribution >= 4 is 15.9 Å². The van der Waals surface area contributed by atoms with E-state index in [0.717, 1.165) is 19.3 Å². The van der Waals surface area contributed by atoms with Gasteiger partial charge in [0.15, 0.2) is 0 Å². The first kappa shape index (κ1) is 15.5. The molecule has 1 rings (SSSR count). The highest BCUT2D eigenvalue weighted by Crippen LogP contribution is 2.36. The third-order valence-corrected chi connectivity index (χ3v) is 3.58. The normalized spacial score (nSPS) is 13.7. The van der Waals surface area contributed by atoms with E-state index in [0.29, 0.717) is 5.56 Å². The standard InChI is InChI=1S/C13H17BrF3N/c1-3-4-5-12(18-2)9-6-7-11(14)10(8-9)13(15,16)17/h6-8,12,18H,3-5H2,1-2H3. The second-order valence-corrected chi connectivity index (χ2v) is 5.07. The van der Waals surface area contributed by atoms with E-state index in [2.05, 4.69) is 28.2 Å². The minimum atomic E-state index is -4.32. The van der Waals surface area contributed by atoms with Gasteiger partial charge in [-0.1, -0.05) is 41.8 Å². The quantitative estimate of drug-likeness (QED) is 0.811. The number of halogens is 4. The molecule has 0 saturated carbocycles. The Labute approximate surface area is 114 Å². The summed E-state index contributed by atoms with van der Waals surface area (Å²) in [6, 6.07) is 4.39. The molecule has 1 aromatic carbocycles. The molecule has 0 aliphatic carbocycles. The van der Waals surface area contributed by atoms with Crippen molar-refractivity contribution in [2.75, 3.05) is 7.05 Å². The lowest BCUT2D eigenvalue weighted by molar-refractivity contribution is -0.138. The van der Waals surface area contributed by atoms with E-state index in [9.17, 15) is 13.2 Å². The number of rotatable bonds is 5. The molecule has 0 spiro atoms. The molecule has 1 atom stereocenters. The summed E-state index contributed by atoms with van der Waals surface area (Å²) in [7, 11) is 1.77. The molecule has 18 heavy (non-hydrogen) atoms. The molecule has 0 radical (unpaired) electrons. The lowest BCUT2D eigenvalue weighted by atomic mass is 9.99. The molecule has 1 nitrogen and oxygen atoms in total. The molecule has 0 aliphatic rings.